The Bertz CT molecular complexity index is 1300. The Morgan fingerprint density at radius 3 is 2.81 bits per heavy atom. The van der Waals surface area contributed by atoms with E-state index in [4.69, 9.17) is 8.83 Å². The maximum absolute atomic E-state index is 15.4. The highest BCUT2D eigenvalue weighted by Gasteiger charge is 2.41. The predicted octanol–water partition coefficient (Wildman–Crippen LogP) is 3.61. The molecular formula is C22H21FN4O4. The van der Waals surface area contributed by atoms with E-state index >= 15 is 4.39 Å². The Kier molecular flexibility index (Phi) is 4.26. The van der Waals surface area contributed by atoms with Gasteiger partial charge in [-0.3, -0.25) is 4.79 Å². The lowest BCUT2D eigenvalue weighted by Crippen LogP contribution is -2.41. The van der Waals surface area contributed by atoms with Crippen LogP contribution >= 0.6 is 0 Å². The molecule has 160 valence electrons. The SMILES string of the molecule is Cc1nc(C(C)(C)O)oc1C(=O)N1CCc2[nH]cnc2[C@@H]1c1oc2ccccc2c1F. The number of furan rings is 1. The van der Waals surface area contributed by atoms with Crippen LogP contribution in [0.2, 0.25) is 0 Å². The number of imidazole rings is 1. The smallest absolute Gasteiger partial charge is 0.292 e. The summed E-state index contributed by atoms with van der Waals surface area (Å²) in [4.78, 5) is 26.6. The number of oxazole rings is 1. The molecule has 9 heteroatoms. The van der Waals surface area contributed by atoms with Gasteiger partial charge in [0.2, 0.25) is 11.7 Å². The van der Waals surface area contributed by atoms with Crippen molar-refractivity contribution < 1.29 is 23.1 Å². The van der Waals surface area contributed by atoms with E-state index in [9.17, 15) is 9.90 Å². The fraction of sp³-hybridized carbons (Fsp3) is 0.318. The molecule has 0 unspecified atom stereocenters. The van der Waals surface area contributed by atoms with Crippen LogP contribution < -0.4 is 0 Å². The molecule has 0 fully saturated rings. The van der Waals surface area contributed by atoms with Crippen molar-refractivity contribution in [3.8, 4) is 0 Å². The number of benzene rings is 1. The normalized spacial score (nSPS) is 16.7. The predicted molar refractivity (Wildman–Crippen MR) is 108 cm³/mol. The highest BCUT2D eigenvalue weighted by atomic mass is 19.1. The van der Waals surface area contributed by atoms with Gasteiger partial charge in [0.05, 0.1) is 23.1 Å². The Hall–Kier alpha value is -3.46. The van der Waals surface area contributed by atoms with Crippen molar-refractivity contribution in [1.29, 1.82) is 0 Å². The number of aryl methyl sites for hydroxylation is 1. The second kappa shape index (κ2) is 6.78. The number of hydrogen-bond acceptors (Lipinski definition) is 6. The standard InChI is InChI=1S/C22H21FN4O4/c1-11-18(31-21(26-11)22(2,3)29)20(28)27-9-8-13-16(25-10-24-13)17(27)19-15(23)12-6-4-5-7-14(12)30-19/h4-7,10,17,29H,8-9H2,1-3H3,(H,24,25)/t17-/m1/s1. The van der Waals surface area contributed by atoms with Gasteiger partial charge in [-0.05, 0) is 32.9 Å². The van der Waals surface area contributed by atoms with Crippen LogP contribution in [0.15, 0.2) is 39.4 Å². The molecule has 3 aromatic heterocycles. The van der Waals surface area contributed by atoms with Gasteiger partial charge >= 0.3 is 0 Å². The number of fused-ring (bicyclic) bond motifs is 2. The average Bonchev–Trinajstić information content (AvgIpc) is 3.44. The van der Waals surface area contributed by atoms with Crippen LogP contribution in [0, 0.1) is 12.7 Å². The molecule has 1 aliphatic rings. The van der Waals surface area contributed by atoms with E-state index in [2.05, 4.69) is 15.0 Å². The Morgan fingerprint density at radius 2 is 2.10 bits per heavy atom. The number of hydrogen-bond donors (Lipinski definition) is 2. The van der Waals surface area contributed by atoms with Gasteiger partial charge in [0, 0.05) is 18.7 Å². The summed E-state index contributed by atoms with van der Waals surface area (Å²) in [5.41, 5.74) is 0.743. The first kappa shape index (κ1) is 19.5. The Balaban J connectivity index is 1.63. The molecule has 31 heavy (non-hydrogen) atoms. The highest BCUT2D eigenvalue weighted by molar-refractivity contribution is 5.93. The number of aromatic amines is 1. The van der Waals surface area contributed by atoms with Gasteiger partial charge in [0.25, 0.3) is 5.91 Å². The van der Waals surface area contributed by atoms with Crippen molar-refractivity contribution in [3.05, 3.63) is 70.9 Å². The van der Waals surface area contributed by atoms with E-state index in [0.29, 0.717) is 35.3 Å². The van der Waals surface area contributed by atoms with Gasteiger partial charge in [0.1, 0.15) is 17.2 Å². The van der Waals surface area contributed by atoms with Crippen LogP contribution in [0.3, 0.4) is 0 Å². The number of H-pyrrole nitrogens is 1. The van der Waals surface area contributed by atoms with E-state index in [-0.39, 0.29) is 17.4 Å². The number of aliphatic hydroxyl groups is 1. The minimum atomic E-state index is -1.34. The third-order valence-corrected chi connectivity index (χ3v) is 5.51. The Morgan fingerprint density at radius 1 is 1.32 bits per heavy atom. The van der Waals surface area contributed by atoms with Crippen LogP contribution in [-0.4, -0.2) is 37.4 Å². The number of carbonyl (C=O) groups is 1. The van der Waals surface area contributed by atoms with Gasteiger partial charge in [0.15, 0.2) is 11.6 Å². The molecule has 1 aliphatic heterocycles. The number of carbonyl (C=O) groups excluding carboxylic acids is 1. The minimum Gasteiger partial charge on any atom is -0.455 e. The maximum atomic E-state index is 15.4. The third kappa shape index (κ3) is 3.04. The molecular weight excluding hydrogens is 403 g/mol. The molecule has 0 aliphatic carbocycles. The molecule has 5 rings (SSSR count). The summed E-state index contributed by atoms with van der Waals surface area (Å²) in [7, 11) is 0. The zero-order chi connectivity index (χ0) is 21.9. The van der Waals surface area contributed by atoms with E-state index in [1.54, 1.807) is 31.2 Å². The molecule has 8 nitrogen and oxygen atoms in total. The monoisotopic (exact) mass is 424 g/mol. The van der Waals surface area contributed by atoms with E-state index in [0.717, 1.165) is 5.69 Å². The van der Waals surface area contributed by atoms with E-state index < -0.39 is 23.4 Å². The largest absolute Gasteiger partial charge is 0.455 e. The summed E-state index contributed by atoms with van der Waals surface area (Å²) in [5, 5.41) is 10.5. The van der Waals surface area contributed by atoms with E-state index in [1.807, 2.05) is 0 Å². The number of para-hydroxylation sites is 1. The van der Waals surface area contributed by atoms with Crippen molar-refractivity contribution in [2.24, 2.45) is 0 Å². The van der Waals surface area contributed by atoms with Crippen LogP contribution in [0.4, 0.5) is 4.39 Å². The Labute approximate surface area is 176 Å². The third-order valence-electron chi connectivity index (χ3n) is 5.51. The van der Waals surface area contributed by atoms with Crippen molar-refractivity contribution >= 4 is 16.9 Å². The molecule has 1 atom stereocenters. The maximum Gasteiger partial charge on any atom is 0.292 e. The number of amides is 1. The van der Waals surface area contributed by atoms with Gasteiger partial charge in [-0.1, -0.05) is 12.1 Å². The first-order valence-electron chi connectivity index (χ1n) is 9.96. The molecule has 0 radical (unpaired) electrons. The number of nitrogens with one attached hydrogen (secondary N) is 1. The van der Waals surface area contributed by atoms with Crippen LogP contribution in [0.5, 0.6) is 0 Å². The summed E-state index contributed by atoms with van der Waals surface area (Å²) < 4.78 is 26.8. The summed E-state index contributed by atoms with van der Waals surface area (Å²) in [6.45, 7) is 4.98. The summed E-state index contributed by atoms with van der Waals surface area (Å²) in [6.07, 6.45) is 2.04. The second-order valence-corrected chi connectivity index (χ2v) is 8.19. The molecule has 4 heterocycles. The van der Waals surface area contributed by atoms with Crippen LogP contribution in [-0.2, 0) is 12.0 Å². The first-order valence-corrected chi connectivity index (χ1v) is 9.96. The van der Waals surface area contributed by atoms with Crippen LogP contribution in [0.1, 0.15) is 59.2 Å². The van der Waals surface area contributed by atoms with Crippen molar-refractivity contribution in [3.63, 3.8) is 0 Å². The van der Waals surface area contributed by atoms with Gasteiger partial charge < -0.3 is 23.8 Å². The summed E-state index contributed by atoms with van der Waals surface area (Å²) >= 11 is 0. The molecule has 0 bridgehead atoms. The van der Waals surface area contributed by atoms with Crippen molar-refractivity contribution in [2.45, 2.75) is 38.8 Å². The lowest BCUT2D eigenvalue weighted by atomic mass is 9.99. The molecule has 0 saturated carbocycles. The lowest BCUT2D eigenvalue weighted by Gasteiger charge is -2.33. The van der Waals surface area contributed by atoms with Crippen molar-refractivity contribution in [2.75, 3.05) is 6.54 Å². The molecule has 4 aromatic rings. The summed E-state index contributed by atoms with van der Waals surface area (Å²) in [5.74, 6) is -0.947. The number of nitrogens with zero attached hydrogens (tertiary/aromatic N) is 3. The van der Waals surface area contributed by atoms with Crippen LogP contribution in [0.25, 0.3) is 11.0 Å². The molecule has 0 spiro atoms. The zero-order valence-corrected chi connectivity index (χ0v) is 17.3. The molecule has 1 aromatic carbocycles. The van der Waals surface area contributed by atoms with Gasteiger partial charge in [-0.15, -0.1) is 0 Å². The quantitative estimate of drug-likeness (QED) is 0.520. The van der Waals surface area contributed by atoms with Crippen molar-refractivity contribution in [1.82, 2.24) is 19.9 Å². The van der Waals surface area contributed by atoms with Gasteiger partial charge in [-0.2, -0.15) is 0 Å². The second-order valence-electron chi connectivity index (χ2n) is 8.19. The molecule has 0 saturated heterocycles. The molecule has 2 N–H and O–H groups in total. The minimum absolute atomic E-state index is 0.00219. The number of aromatic nitrogens is 3. The first-order chi connectivity index (χ1) is 14.8. The fourth-order valence-electron chi connectivity index (χ4n) is 3.96. The zero-order valence-electron chi connectivity index (χ0n) is 17.3. The number of rotatable bonds is 3. The topological polar surface area (TPSA) is 108 Å². The lowest BCUT2D eigenvalue weighted by molar-refractivity contribution is 0.0437. The molecule has 1 amide bonds. The van der Waals surface area contributed by atoms with E-state index in [1.165, 1.54) is 25.1 Å². The highest BCUT2D eigenvalue weighted by Crippen LogP contribution is 2.39. The fourth-order valence-corrected chi connectivity index (χ4v) is 3.96. The number of halogens is 1. The van der Waals surface area contributed by atoms with Gasteiger partial charge in [-0.25, -0.2) is 14.4 Å². The summed E-state index contributed by atoms with van der Waals surface area (Å²) in [6, 6.07) is 5.93. The average molecular weight is 424 g/mol.